The minimum Gasteiger partial charge on any atom is -0.392 e. The van der Waals surface area contributed by atoms with Crippen molar-refractivity contribution in [3.8, 4) is 0 Å². The van der Waals surface area contributed by atoms with Crippen molar-refractivity contribution in [1.82, 2.24) is 16.0 Å². The van der Waals surface area contributed by atoms with E-state index < -0.39 is 6.04 Å². The predicted molar refractivity (Wildman–Crippen MR) is 118 cm³/mol. The molecular formula is C23H29N5O3. The van der Waals surface area contributed by atoms with E-state index in [1.807, 2.05) is 24.3 Å². The van der Waals surface area contributed by atoms with Crippen molar-refractivity contribution in [3.63, 3.8) is 0 Å². The van der Waals surface area contributed by atoms with Crippen LogP contribution < -0.4 is 21.7 Å². The van der Waals surface area contributed by atoms with Crippen molar-refractivity contribution in [3.05, 3.63) is 70.8 Å². The molecule has 8 heteroatoms. The SMILES string of the molecule is C[C@H](NC(=O)C1C[C@H](c2cccc(CO)c2)CN1)C(=O)NCc1ccc(C(=N)N)cc1. The first-order chi connectivity index (χ1) is 14.9. The number of rotatable bonds is 8. The summed E-state index contributed by atoms with van der Waals surface area (Å²) in [5.74, 6) is -0.288. The molecule has 0 spiro atoms. The van der Waals surface area contributed by atoms with E-state index in [1.54, 1.807) is 31.2 Å². The molecule has 31 heavy (non-hydrogen) atoms. The number of hydrogen-bond donors (Lipinski definition) is 6. The lowest BCUT2D eigenvalue weighted by atomic mass is 9.94. The quantitative estimate of drug-likeness (QED) is 0.274. The summed E-state index contributed by atoms with van der Waals surface area (Å²) in [6, 6.07) is 13.8. The standard InChI is InChI=1S/C23H29N5O3/c1-14(22(30)27-11-15-5-7-17(8-6-15)21(24)25)28-23(31)20-10-19(12-26-20)18-4-2-3-16(9-18)13-29/h2-9,14,19-20,26,29H,10-13H2,1H3,(H3,24,25)(H,27,30)(H,28,31)/t14-,19-,20?/m0/s1. The van der Waals surface area contributed by atoms with Gasteiger partial charge in [-0.2, -0.15) is 0 Å². The highest BCUT2D eigenvalue weighted by Gasteiger charge is 2.31. The second-order valence-corrected chi connectivity index (χ2v) is 7.86. The van der Waals surface area contributed by atoms with Crippen LogP contribution >= 0.6 is 0 Å². The Morgan fingerprint density at radius 1 is 1.23 bits per heavy atom. The van der Waals surface area contributed by atoms with Crippen molar-refractivity contribution in [2.24, 2.45) is 5.73 Å². The summed E-state index contributed by atoms with van der Waals surface area (Å²) in [5.41, 5.74) is 8.89. The Morgan fingerprint density at radius 3 is 2.65 bits per heavy atom. The van der Waals surface area contributed by atoms with Crippen LogP contribution in [0.15, 0.2) is 48.5 Å². The van der Waals surface area contributed by atoms with Crippen molar-refractivity contribution in [2.75, 3.05) is 6.54 Å². The fraction of sp³-hybridized carbons (Fsp3) is 0.348. The number of amidine groups is 1. The monoisotopic (exact) mass is 423 g/mol. The molecule has 1 unspecified atom stereocenters. The number of benzene rings is 2. The Balaban J connectivity index is 1.47. The molecule has 2 aromatic rings. The van der Waals surface area contributed by atoms with Gasteiger partial charge in [0.25, 0.3) is 0 Å². The fourth-order valence-electron chi connectivity index (χ4n) is 3.66. The molecule has 7 N–H and O–H groups in total. The third-order valence-corrected chi connectivity index (χ3v) is 5.54. The number of nitrogens with one attached hydrogen (secondary N) is 4. The molecule has 1 fully saturated rings. The van der Waals surface area contributed by atoms with E-state index in [-0.39, 0.29) is 36.2 Å². The van der Waals surface area contributed by atoms with Crippen LogP contribution in [0, 0.1) is 5.41 Å². The fourth-order valence-corrected chi connectivity index (χ4v) is 3.66. The highest BCUT2D eigenvalue weighted by Crippen LogP contribution is 2.26. The zero-order valence-electron chi connectivity index (χ0n) is 17.5. The minimum absolute atomic E-state index is 0.00390. The summed E-state index contributed by atoms with van der Waals surface area (Å²) in [6.07, 6.45) is 0.636. The lowest BCUT2D eigenvalue weighted by Gasteiger charge is -2.17. The summed E-state index contributed by atoms with van der Waals surface area (Å²) >= 11 is 0. The van der Waals surface area contributed by atoms with E-state index in [0.717, 1.165) is 16.7 Å². The van der Waals surface area contributed by atoms with E-state index in [1.165, 1.54) is 0 Å². The molecule has 1 saturated heterocycles. The number of hydrogen-bond acceptors (Lipinski definition) is 5. The van der Waals surface area contributed by atoms with Crippen molar-refractivity contribution in [1.29, 1.82) is 5.41 Å². The molecule has 3 atom stereocenters. The zero-order valence-corrected chi connectivity index (χ0v) is 17.5. The minimum atomic E-state index is -0.664. The molecule has 0 aliphatic carbocycles. The Kier molecular flexibility index (Phi) is 7.38. The van der Waals surface area contributed by atoms with Crippen LogP contribution in [0.1, 0.15) is 41.5 Å². The van der Waals surface area contributed by atoms with Gasteiger partial charge in [-0.3, -0.25) is 15.0 Å². The zero-order chi connectivity index (χ0) is 22.4. The maximum absolute atomic E-state index is 12.6. The number of carbonyl (C=O) groups is 2. The lowest BCUT2D eigenvalue weighted by molar-refractivity contribution is -0.129. The molecule has 1 aliphatic heterocycles. The van der Waals surface area contributed by atoms with Gasteiger partial charge in [0.05, 0.1) is 12.6 Å². The molecule has 3 rings (SSSR count). The molecule has 1 aliphatic rings. The molecular weight excluding hydrogens is 394 g/mol. The maximum atomic E-state index is 12.6. The molecule has 2 amide bonds. The Bertz CT molecular complexity index is 944. The number of aliphatic hydroxyl groups excluding tert-OH is 1. The third kappa shape index (κ3) is 5.90. The smallest absolute Gasteiger partial charge is 0.242 e. The number of amides is 2. The average molecular weight is 424 g/mol. The Hall–Kier alpha value is -3.23. The molecule has 0 saturated carbocycles. The van der Waals surface area contributed by atoms with Gasteiger partial charge in [0.1, 0.15) is 11.9 Å². The Morgan fingerprint density at radius 2 is 1.97 bits per heavy atom. The highest BCUT2D eigenvalue weighted by atomic mass is 16.3. The first-order valence-corrected chi connectivity index (χ1v) is 10.3. The van der Waals surface area contributed by atoms with Gasteiger partial charge >= 0.3 is 0 Å². The summed E-state index contributed by atoms with van der Waals surface area (Å²) < 4.78 is 0. The molecule has 0 radical (unpaired) electrons. The van der Waals surface area contributed by atoms with Gasteiger partial charge in [-0.05, 0) is 36.0 Å². The number of nitrogens with two attached hydrogens (primary N) is 1. The molecule has 0 bridgehead atoms. The van der Waals surface area contributed by atoms with Gasteiger partial charge < -0.3 is 26.8 Å². The van der Waals surface area contributed by atoms with Gasteiger partial charge in [-0.15, -0.1) is 0 Å². The van der Waals surface area contributed by atoms with Gasteiger partial charge in [0.15, 0.2) is 0 Å². The Labute approximate surface area is 181 Å². The van der Waals surface area contributed by atoms with E-state index in [0.29, 0.717) is 25.1 Å². The van der Waals surface area contributed by atoms with Gasteiger partial charge in [0, 0.05) is 18.7 Å². The van der Waals surface area contributed by atoms with Crippen LogP contribution in [0.2, 0.25) is 0 Å². The molecule has 0 aromatic heterocycles. The van der Waals surface area contributed by atoms with Crippen molar-refractivity contribution < 1.29 is 14.7 Å². The predicted octanol–water partition coefficient (Wildman–Crippen LogP) is 0.730. The second-order valence-electron chi connectivity index (χ2n) is 7.86. The van der Waals surface area contributed by atoms with E-state index in [4.69, 9.17) is 11.1 Å². The number of nitrogen functional groups attached to an aromatic ring is 1. The van der Waals surface area contributed by atoms with Gasteiger partial charge in [0.2, 0.25) is 11.8 Å². The summed E-state index contributed by atoms with van der Waals surface area (Å²) in [6.45, 7) is 2.64. The second kappa shape index (κ2) is 10.2. The van der Waals surface area contributed by atoms with Crippen LogP contribution in [-0.4, -0.2) is 41.4 Å². The third-order valence-electron chi connectivity index (χ3n) is 5.54. The van der Waals surface area contributed by atoms with Gasteiger partial charge in [-0.25, -0.2) is 0 Å². The number of aliphatic hydroxyl groups is 1. The summed E-state index contributed by atoms with van der Waals surface area (Å²) in [7, 11) is 0. The van der Waals surface area contributed by atoms with Crippen molar-refractivity contribution in [2.45, 2.75) is 44.5 Å². The van der Waals surface area contributed by atoms with Crippen LogP contribution in [0.5, 0.6) is 0 Å². The number of carbonyl (C=O) groups excluding carboxylic acids is 2. The summed E-state index contributed by atoms with van der Waals surface area (Å²) in [4.78, 5) is 25.0. The first-order valence-electron chi connectivity index (χ1n) is 10.3. The van der Waals surface area contributed by atoms with Crippen LogP contribution in [-0.2, 0) is 22.7 Å². The van der Waals surface area contributed by atoms with E-state index >= 15 is 0 Å². The van der Waals surface area contributed by atoms with Gasteiger partial charge in [-0.1, -0.05) is 48.5 Å². The highest BCUT2D eigenvalue weighted by molar-refractivity contribution is 5.95. The van der Waals surface area contributed by atoms with Crippen molar-refractivity contribution >= 4 is 17.6 Å². The largest absolute Gasteiger partial charge is 0.392 e. The first kappa shape index (κ1) is 22.5. The topological polar surface area (TPSA) is 140 Å². The van der Waals surface area contributed by atoms with Crippen LogP contribution in [0.3, 0.4) is 0 Å². The molecule has 2 aromatic carbocycles. The molecule has 1 heterocycles. The van der Waals surface area contributed by atoms with E-state index in [2.05, 4.69) is 16.0 Å². The maximum Gasteiger partial charge on any atom is 0.242 e. The van der Waals surface area contributed by atoms with Crippen LogP contribution in [0.25, 0.3) is 0 Å². The lowest BCUT2D eigenvalue weighted by Crippen LogP contribution is -2.49. The average Bonchev–Trinajstić information content (AvgIpc) is 3.28. The van der Waals surface area contributed by atoms with E-state index in [9.17, 15) is 14.7 Å². The summed E-state index contributed by atoms with van der Waals surface area (Å²) in [5, 5.41) is 25.5. The normalized spacial score (nSPS) is 18.9. The molecule has 8 nitrogen and oxygen atoms in total. The van der Waals surface area contributed by atoms with Crippen LogP contribution in [0.4, 0.5) is 0 Å². The molecule has 164 valence electrons.